The van der Waals surface area contributed by atoms with Gasteiger partial charge in [-0.05, 0) is 48.9 Å². The molecule has 0 unspecified atom stereocenters. The molecule has 0 radical (unpaired) electrons. The van der Waals surface area contributed by atoms with Crippen molar-refractivity contribution in [3.05, 3.63) is 59.7 Å². The van der Waals surface area contributed by atoms with Crippen molar-refractivity contribution in [1.82, 2.24) is 4.72 Å². The highest BCUT2D eigenvalue weighted by Crippen LogP contribution is 2.16. The van der Waals surface area contributed by atoms with Gasteiger partial charge in [-0.2, -0.15) is 0 Å². The predicted octanol–water partition coefficient (Wildman–Crippen LogP) is 2.26. The molecular weight excluding hydrogens is 318 g/mol. The fraction of sp³-hybridized carbons (Fsp3) is 0.188. The van der Waals surface area contributed by atoms with Gasteiger partial charge in [0.15, 0.2) is 0 Å². The molecule has 0 aromatic heterocycles. The maximum absolute atomic E-state index is 12.2. The Morgan fingerprint density at radius 1 is 1.17 bits per heavy atom. The molecule has 0 aliphatic heterocycles. The number of carboxylic acid groups (broad SMARTS) is 1. The number of rotatable bonds is 7. The van der Waals surface area contributed by atoms with E-state index in [1.165, 1.54) is 24.3 Å². The average Bonchev–Trinajstić information content (AvgIpc) is 2.54. The largest absolute Gasteiger partial charge is 0.494 e. The van der Waals surface area contributed by atoms with Crippen molar-refractivity contribution in [1.29, 1.82) is 0 Å². The summed E-state index contributed by atoms with van der Waals surface area (Å²) < 4.78 is 32.2. The van der Waals surface area contributed by atoms with Crippen LogP contribution < -0.4 is 9.46 Å². The van der Waals surface area contributed by atoms with Gasteiger partial charge >= 0.3 is 5.97 Å². The number of sulfonamides is 1. The van der Waals surface area contributed by atoms with Gasteiger partial charge in [0, 0.05) is 6.54 Å². The summed E-state index contributed by atoms with van der Waals surface area (Å²) in [5.41, 5.74) is 0.683. The molecule has 6 nitrogen and oxygen atoms in total. The number of hydrogen-bond donors (Lipinski definition) is 2. The van der Waals surface area contributed by atoms with E-state index in [4.69, 9.17) is 9.84 Å². The van der Waals surface area contributed by atoms with Gasteiger partial charge in [-0.1, -0.05) is 12.1 Å². The van der Waals surface area contributed by atoms with Crippen molar-refractivity contribution in [2.45, 2.75) is 18.4 Å². The fourth-order valence-corrected chi connectivity index (χ4v) is 2.98. The molecule has 0 fully saturated rings. The lowest BCUT2D eigenvalue weighted by molar-refractivity contribution is 0.0696. The van der Waals surface area contributed by atoms with Crippen LogP contribution in [0.3, 0.4) is 0 Å². The first-order valence-corrected chi connectivity index (χ1v) is 8.45. The highest BCUT2D eigenvalue weighted by Gasteiger charge is 2.14. The van der Waals surface area contributed by atoms with Crippen molar-refractivity contribution in [2.75, 3.05) is 6.61 Å². The zero-order chi connectivity index (χ0) is 16.9. The maximum atomic E-state index is 12.2. The number of hydrogen-bond acceptors (Lipinski definition) is 4. The normalized spacial score (nSPS) is 11.2. The van der Waals surface area contributed by atoms with E-state index in [-0.39, 0.29) is 17.0 Å². The Kier molecular flexibility index (Phi) is 5.36. The van der Waals surface area contributed by atoms with Crippen molar-refractivity contribution >= 4 is 16.0 Å². The van der Waals surface area contributed by atoms with E-state index in [0.29, 0.717) is 17.9 Å². The summed E-state index contributed by atoms with van der Waals surface area (Å²) in [6.07, 6.45) is 0. The second-order valence-corrected chi connectivity index (χ2v) is 6.50. The van der Waals surface area contributed by atoms with Gasteiger partial charge in [0.05, 0.1) is 17.1 Å². The van der Waals surface area contributed by atoms with Crippen LogP contribution in [0.2, 0.25) is 0 Å². The van der Waals surface area contributed by atoms with Crippen LogP contribution in [0.25, 0.3) is 0 Å². The minimum Gasteiger partial charge on any atom is -0.494 e. The molecule has 2 N–H and O–H groups in total. The highest BCUT2D eigenvalue weighted by atomic mass is 32.2. The van der Waals surface area contributed by atoms with Crippen LogP contribution in [0.1, 0.15) is 22.8 Å². The Hall–Kier alpha value is -2.38. The molecule has 0 saturated heterocycles. The van der Waals surface area contributed by atoms with Crippen molar-refractivity contribution < 1.29 is 23.1 Å². The number of carboxylic acids is 1. The van der Waals surface area contributed by atoms with Gasteiger partial charge in [-0.15, -0.1) is 0 Å². The van der Waals surface area contributed by atoms with Crippen molar-refractivity contribution in [2.24, 2.45) is 0 Å². The smallest absolute Gasteiger partial charge is 0.335 e. The Morgan fingerprint density at radius 3 is 2.48 bits per heavy atom. The Morgan fingerprint density at radius 2 is 1.87 bits per heavy atom. The minimum atomic E-state index is -3.68. The number of ether oxygens (including phenoxy) is 1. The molecule has 23 heavy (non-hydrogen) atoms. The van der Waals surface area contributed by atoms with Crippen LogP contribution in [0.5, 0.6) is 5.75 Å². The molecular formula is C16H17NO5S. The number of carbonyl (C=O) groups is 1. The monoisotopic (exact) mass is 335 g/mol. The molecule has 0 amide bonds. The standard InChI is InChI=1S/C16H17NO5S/c1-2-22-14-6-8-15(9-7-14)23(20,21)17-11-12-4-3-5-13(10-12)16(18)19/h3-10,17H,2,11H2,1H3,(H,18,19). The SMILES string of the molecule is CCOc1ccc(S(=O)(=O)NCc2cccc(C(=O)O)c2)cc1. The molecule has 0 atom stereocenters. The Bertz CT molecular complexity index is 784. The van der Waals surface area contributed by atoms with Gasteiger partial charge in [0.25, 0.3) is 0 Å². The van der Waals surface area contributed by atoms with Crippen LogP contribution in [0, 0.1) is 0 Å². The van der Waals surface area contributed by atoms with Gasteiger partial charge in [0.1, 0.15) is 5.75 Å². The summed E-state index contributed by atoms with van der Waals surface area (Å²) in [5.74, 6) is -0.457. The van der Waals surface area contributed by atoms with Crippen LogP contribution in [-0.4, -0.2) is 26.1 Å². The van der Waals surface area contributed by atoms with E-state index in [0.717, 1.165) is 0 Å². The first kappa shape index (κ1) is 17.0. The van der Waals surface area contributed by atoms with Crippen molar-refractivity contribution in [3.63, 3.8) is 0 Å². The van der Waals surface area contributed by atoms with Crippen LogP contribution in [-0.2, 0) is 16.6 Å². The van der Waals surface area contributed by atoms with E-state index in [2.05, 4.69) is 4.72 Å². The molecule has 0 spiro atoms. The molecule has 2 rings (SSSR count). The third-order valence-corrected chi connectivity index (χ3v) is 4.50. The number of benzene rings is 2. The zero-order valence-corrected chi connectivity index (χ0v) is 13.3. The lowest BCUT2D eigenvalue weighted by Crippen LogP contribution is -2.23. The van der Waals surface area contributed by atoms with E-state index >= 15 is 0 Å². The zero-order valence-electron chi connectivity index (χ0n) is 12.5. The topological polar surface area (TPSA) is 92.7 Å². The summed E-state index contributed by atoms with van der Waals surface area (Å²) in [6.45, 7) is 2.36. The summed E-state index contributed by atoms with van der Waals surface area (Å²) in [7, 11) is -3.68. The second-order valence-electron chi connectivity index (χ2n) is 4.73. The minimum absolute atomic E-state index is 0.0106. The number of nitrogens with one attached hydrogen (secondary N) is 1. The van der Waals surface area contributed by atoms with Gasteiger partial charge < -0.3 is 9.84 Å². The van der Waals surface area contributed by atoms with E-state index < -0.39 is 16.0 Å². The van der Waals surface area contributed by atoms with E-state index in [1.807, 2.05) is 6.92 Å². The molecule has 0 aliphatic rings. The Balaban J connectivity index is 2.09. The summed E-state index contributed by atoms with van der Waals surface area (Å²) in [5, 5.41) is 8.93. The molecule has 0 bridgehead atoms. The lowest BCUT2D eigenvalue weighted by Gasteiger charge is -2.08. The summed E-state index contributed by atoms with van der Waals surface area (Å²) >= 11 is 0. The lowest BCUT2D eigenvalue weighted by atomic mass is 10.1. The molecule has 0 heterocycles. The first-order valence-electron chi connectivity index (χ1n) is 6.97. The van der Waals surface area contributed by atoms with Gasteiger partial charge in [0.2, 0.25) is 10.0 Å². The fourth-order valence-electron chi connectivity index (χ4n) is 1.96. The quantitative estimate of drug-likeness (QED) is 0.809. The molecule has 122 valence electrons. The van der Waals surface area contributed by atoms with Crippen LogP contribution in [0.4, 0.5) is 0 Å². The van der Waals surface area contributed by atoms with Gasteiger partial charge in [-0.3, -0.25) is 0 Å². The molecule has 2 aromatic rings. The third kappa shape index (κ3) is 4.54. The molecule has 0 aliphatic carbocycles. The van der Waals surface area contributed by atoms with Crippen LogP contribution in [0.15, 0.2) is 53.4 Å². The maximum Gasteiger partial charge on any atom is 0.335 e. The van der Waals surface area contributed by atoms with Crippen LogP contribution >= 0.6 is 0 Å². The molecule has 7 heteroatoms. The first-order chi connectivity index (χ1) is 10.9. The third-order valence-electron chi connectivity index (χ3n) is 3.09. The van der Waals surface area contributed by atoms with Gasteiger partial charge in [-0.25, -0.2) is 17.9 Å². The molecule has 0 saturated carbocycles. The van der Waals surface area contributed by atoms with Crippen molar-refractivity contribution in [3.8, 4) is 5.75 Å². The predicted molar refractivity (Wildman–Crippen MR) is 85.0 cm³/mol. The van der Waals surface area contributed by atoms with E-state index in [9.17, 15) is 13.2 Å². The highest BCUT2D eigenvalue weighted by molar-refractivity contribution is 7.89. The second kappa shape index (κ2) is 7.26. The summed E-state index contributed by atoms with van der Waals surface area (Å²) in [6, 6.07) is 12.2. The molecule has 2 aromatic carbocycles. The summed E-state index contributed by atoms with van der Waals surface area (Å²) in [4.78, 5) is 11.0. The number of aromatic carboxylic acids is 1. The van der Waals surface area contributed by atoms with E-state index in [1.54, 1.807) is 24.3 Å². The average molecular weight is 335 g/mol. The Labute approximate surface area is 134 Å².